The number of aliphatic hydroxyl groups is 1. The number of nitrogens with two attached hydrogens (primary N) is 1. The topological polar surface area (TPSA) is 102 Å². The first-order valence-electron chi connectivity index (χ1n) is 5.30. The van der Waals surface area contributed by atoms with Gasteiger partial charge in [0.2, 0.25) is 0 Å². The van der Waals surface area contributed by atoms with Crippen molar-refractivity contribution in [3.05, 3.63) is 18.1 Å². The minimum atomic E-state index is -0.325. The molecule has 1 aliphatic rings. The number of aliphatic hydroxyl groups excluding tert-OH is 1. The van der Waals surface area contributed by atoms with Gasteiger partial charge in [-0.15, -0.1) is 0 Å². The Morgan fingerprint density at radius 2 is 2.41 bits per heavy atom. The van der Waals surface area contributed by atoms with Crippen molar-refractivity contribution in [1.29, 1.82) is 0 Å². The first kappa shape index (κ1) is 11.7. The number of nitrogen functional groups attached to an aromatic ring is 1. The third kappa shape index (κ3) is 2.69. The highest BCUT2D eigenvalue weighted by Crippen LogP contribution is 2.08. The number of hydrogen-bond donors (Lipinski definition) is 2. The van der Waals surface area contributed by atoms with Gasteiger partial charge in [0.15, 0.2) is 0 Å². The Morgan fingerprint density at radius 3 is 3.06 bits per heavy atom. The van der Waals surface area contributed by atoms with Crippen LogP contribution in [0.15, 0.2) is 12.4 Å². The smallest absolute Gasteiger partial charge is 0.274 e. The fraction of sp³-hybridized carbons (Fsp3) is 0.500. The monoisotopic (exact) mass is 238 g/mol. The molecule has 7 heteroatoms. The number of amides is 1. The lowest BCUT2D eigenvalue weighted by molar-refractivity contribution is -0.0448. The molecule has 1 saturated heterocycles. The molecule has 0 aromatic carbocycles. The van der Waals surface area contributed by atoms with E-state index in [0.717, 1.165) is 0 Å². The maximum atomic E-state index is 12.0. The van der Waals surface area contributed by atoms with Gasteiger partial charge in [-0.1, -0.05) is 0 Å². The third-order valence-corrected chi connectivity index (χ3v) is 2.52. The molecule has 2 rings (SSSR count). The lowest BCUT2D eigenvalue weighted by atomic mass is 10.2. The second-order valence-electron chi connectivity index (χ2n) is 3.75. The van der Waals surface area contributed by atoms with Gasteiger partial charge in [-0.25, -0.2) is 9.97 Å². The Kier molecular flexibility index (Phi) is 3.50. The zero-order chi connectivity index (χ0) is 12.3. The molecule has 0 spiro atoms. The van der Waals surface area contributed by atoms with Crippen LogP contribution in [0.25, 0.3) is 0 Å². The molecule has 17 heavy (non-hydrogen) atoms. The first-order valence-corrected chi connectivity index (χ1v) is 5.30. The van der Waals surface area contributed by atoms with E-state index in [9.17, 15) is 4.79 Å². The summed E-state index contributed by atoms with van der Waals surface area (Å²) in [6, 6.07) is 0. The fourth-order valence-electron chi connectivity index (χ4n) is 1.62. The van der Waals surface area contributed by atoms with E-state index in [1.165, 1.54) is 12.4 Å². The van der Waals surface area contributed by atoms with E-state index < -0.39 is 0 Å². The molecule has 7 nitrogen and oxygen atoms in total. The summed E-state index contributed by atoms with van der Waals surface area (Å²) >= 11 is 0. The summed E-state index contributed by atoms with van der Waals surface area (Å²) in [6.45, 7) is 1.17. The maximum Gasteiger partial charge on any atom is 0.274 e. The van der Waals surface area contributed by atoms with Crippen LogP contribution >= 0.6 is 0 Å². The van der Waals surface area contributed by atoms with Gasteiger partial charge in [-0.3, -0.25) is 4.79 Å². The molecule has 0 bridgehead atoms. The summed E-state index contributed by atoms with van der Waals surface area (Å²) in [5.41, 5.74) is 5.65. The number of carbonyl (C=O) groups is 1. The molecule has 1 aliphatic heterocycles. The Labute approximate surface area is 98.2 Å². The van der Waals surface area contributed by atoms with Gasteiger partial charge in [0.05, 0.1) is 31.7 Å². The number of ether oxygens (including phenoxy) is 1. The number of aromatic nitrogens is 2. The number of nitrogens with zero attached hydrogens (tertiary/aromatic N) is 3. The molecule has 1 aromatic rings. The zero-order valence-corrected chi connectivity index (χ0v) is 9.24. The molecule has 3 N–H and O–H groups in total. The number of hydrogen-bond acceptors (Lipinski definition) is 6. The van der Waals surface area contributed by atoms with Crippen LogP contribution in [-0.2, 0) is 4.74 Å². The van der Waals surface area contributed by atoms with E-state index in [0.29, 0.717) is 19.7 Å². The highest BCUT2D eigenvalue weighted by atomic mass is 16.5. The molecule has 1 atom stereocenters. The normalized spacial score (nSPS) is 20.3. The van der Waals surface area contributed by atoms with Crippen LogP contribution < -0.4 is 5.73 Å². The van der Waals surface area contributed by atoms with Crippen molar-refractivity contribution in [3.63, 3.8) is 0 Å². The van der Waals surface area contributed by atoms with Crippen LogP contribution in [0, 0.1) is 0 Å². The minimum Gasteiger partial charge on any atom is -0.394 e. The second kappa shape index (κ2) is 5.07. The Bertz CT molecular complexity index is 395. The predicted molar refractivity (Wildman–Crippen MR) is 59.2 cm³/mol. The summed E-state index contributed by atoms with van der Waals surface area (Å²) in [4.78, 5) is 21.3. The zero-order valence-electron chi connectivity index (χ0n) is 9.24. The van der Waals surface area contributed by atoms with Gasteiger partial charge in [-0.05, 0) is 0 Å². The van der Waals surface area contributed by atoms with E-state index in [1.54, 1.807) is 4.90 Å². The molecule has 0 aliphatic carbocycles. The quantitative estimate of drug-likeness (QED) is 0.677. The number of morpholine rings is 1. The van der Waals surface area contributed by atoms with Crippen molar-refractivity contribution < 1.29 is 14.6 Å². The molecule has 1 amide bonds. The third-order valence-electron chi connectivity index (χ3n) is 2.52. The van der Waals surface area contributed by atoms with Crippen molar-refractivity contribution in [3.8, 4) is 0 Å². The Morgan fingerprint density at radius 1 is 1.59 bits per heavy atom. The Balaban J connectivity index is 2.06. The lowest BCUT2D eigenvalue weighted by Crippen LogP contribution is -2.47. The van der Waals surface area contributed by atoms with Crippen LogP contribution in [0.1, 0.15) is 10.5 Å². The van der Waals surface area contributed by atoms with E-state index in [2.05, 4.69) is 9.97 Å². The van der Waals surface area contributed by atoms with Gasteiger partial charge in [-0.2, -0.15) is 0 Å². The second-order valence-corrected chi connectivity index (χ2v) is 3.75. The number of carbonyl (C=O) groups excluding carboxylic acids is 1. The van der Waals surface area contributed by atoms with Gasteiger partial charge in [0, 0.05) is 13.1 Å². The molecule has 1 fully saturated rings. The molecule has 0 saturated carbocycles. The molecule has 2 heterocycles. The van der Waals surface area contributed by atoms with Crippen LogP contribution in [0.2, 0.25) is 0 Å². The summed E-state index contributed by atoms with van der Waals surface area (Å²) in [5, 5.41) is 8.99. The standard InChI is InChI=1S/C10H14N4O3/c11-9-4-12-8(3-13-9)10(16)14-1-2-17-7(5-14)6-15/h3-4,7,15H,1-2,5-6H2,(H2,11,13). The summed E-state index contributed by atoms with van der Waals surface area (Å²) < 4.78 is 5.26. The van der Waals surface area contributed by atoms with Crippen LogP contribution in [0.3, 0.4) is 0 Å². The highest BCUT2D eigenvalue weighted by molar-refractivity contribution is 5.92. The van der Waals surface area contributed by atoms with Crippen LogP contribution in [0.4, 0.5) is 5.82 Å². The van der Waals surface area contributed by atoms with Crippen molar-refractivity contribution in [2.45, 2.75) is 6.10 Å². The van der Waals surface area contributed by atoms with Crippen LogP contribution in [0.5, 0.6) is 0 Å². The summed E-state index contributed by atoms with van der Waals surface area (Å²) in [6.07, 6.45) is 2.37. The molecule has 1 aromatic heterocycles. The number of rotatable bonds is 2. The largest absolute Gasteiger partial charge is 0.394 e. The molecule has 0 radical (unpaired) electrons. The fourth-order valence-corrected chi connectivity index (χ4v) is 1.62. The first-order chi connectivity index (χ1) is 8.20. The van der Waals surface area contributed by atoms with Crippen LogP contribution in [-0.4, -0.2) is 58.3 Å². The van der Waals surface area contributed by atoms with E-state index in [1.807, 2.05) is 0 Å². The van der Waals surface area contributed by atoms with Gasteiger partial charge >= 0.3 is 0 Å². The van der Waals surface area contributed by atoms with Gasteiger partial charge < -0.3 is 20.5 Å². The summed E-state index contributed by atoms with van der Waals surface area (Å²) in [7, 11) is 0. The predicted octanol–water partition coefficient (Wildman–Crippen LogP) is -1.11. The molecular weight excluding hydrogens is 224 g/mol. The molecular formula is C10H14N4O3. The average molecular weight is 238 g/mol. The summed E-state index contributed by atoms with van der Waals surface area (Å²) in [5.74, 6) is 0.0519. The SMILES string of the molecule is Nc1cnc(C(=O)N2CCOC(CO)C2)cn1. The average Bonchev–Trinajstić information content (AvgIpc) is 2.39. The molecule has 92 valence electrons. The van der Waals surface area contributed by atoms with Crippen molar-refractivity contribution >= 4 is 11.7 Å². The van der Waals surface area contributed by atoms with E-state index in [4.69, 9.17) is 15.6 Å². The molecule has 1 unspecified atom stereocenters. The Hall–Kier alpha value is -1.73. The van der Waals surface area contributed by atoms with E-state index in [-0.39, 0.29) is 30.1 Å². The highest BCUT2D eigenvalue weighted by Gasteiger charge is 2.25. The van der Waals surface area contributed by atoms with Crippen molar-refractivity contribution in [1.82, 2.24) is 14.9 Å². The van der Waals surface area contributed by atoms with E-state index >= 15 is 0 Å². The van der Waals surface area contributed by atoms with Crippen molar-refractivity contribution in [2.24, 2.45) is 0 Å². The lowest BCUT2D eigenvalue weighted by Gasteiger charge is -2.31. The minimum absolute atomic E-state index is 0.100. The number of anilines is 1. The van der Waals surface area contributed by atoms with Gasteiger partial charge in [0.1, 0.15) is 11.5 Å². The maximum absolute atomic E-state index is 12.0. The van der Waals surface area contributed by atoms with Gasteiger partial charge in [0.25, 0.3) is 5.91 Å². The van der Waals surface area contributed by atoms with Crippen molar-refractivity contribution in [2.75, 3.05) is 32.0 Å².